The van der Waals surface area contributed by atoms with Crippen LogP contribution >= 0.6 is 23.2 Å². The summed E-state index contributed by atoms with van der Waals surface area (Å²) in [6.45, 7) is 0. The summed E-state index contributed by atoms with van der Waals surface area (Å²) in [5.74, 6) is 0.239. The Morgan fingerprint density at radius 1 is 0.800 bits per heavy atom. The van der Waals surface area contributed by atoms with Crippen molar-refractivity contribution in [2.75, 3.05) is 33.2 Å². The maximum atomic E-state index is 15.2. The van der Waals surface area contributed by atoms with Crippen molar-refractivity contribution in [3.63, 3.8) is 0 Å². The van der Waals surface area contributed by atoms with E-state index in [1.54, 1.807) is 18.2 Å². The first-order valence-electron chi connectivity index (χ1n) is 9.97. The van der Waals surface area contributed by atoms with Gasteiger partial charge in [0.1, 0.15) is 0 Å². The smallest absolute Gasteiger partial charge is 0.262 e. The van der Waals surface area contributed by atoms with E-state index in [0.29, 0.717) is 22.8 Å². The first-order valence-corrected chi connectivity index (χ1v) is 12.2. The van der Waals surface area contributed by atoms with Crippen molar-refractivity contribution in [3.8, 4) is 23.0 Å². The Labute approximate surface area is 213 Å². The maximum absolute atomic E-state index is 15.2. The van der Waals surface area contributed by atoms with Gasteiger partial charge in [-0.3, -0.25) is 4.72 Å². The molecule has 0 saturated heterocycles. The first kappa shape index (κ1) is 26.5. The predicted molar refractivity (Wildman–Crippen MR) is 135 cm³/mol. The number of ether oxygens (including phenoxy) is 4. The Balaban J connectivity index is 2.07. The number of halogens is 3. The fraction of sp³-hybridized carbons (Fsp3) is 0.167. The first-order chi connectivity index (χ1) is 16.6. The molecule has 1 N–H and O–H groups in total. The van der Waals surface area contributed by atoms with Crippen LogP contribution in [-0.4, -0.2) is 36.9 Å². The predicted octanol–water partition coefficient (Wildman–Crippen LogP) is 6.14. The van der Waals surface area contributed by atoms with E-state index in [2.05, 4.69) is 4.72 Å². The summed E-state index contributed by atoms with van der Waals surface area (Å²) in [5.41, 5.74) is 0.564. The SMILES string of the molecule is COc1ccc(/C=C\c2cc(OC)c(OC)c(OC)c2)c(NS(=O)(=O)c2ccc(Cl)c(Cl)c2)c1F. The molecule has 0 saturated carbocycles. The van der Waals surface area contributed by atoms with Gasteiger partial charge in [-0.05, 0) is 48.0 Å². The topological polar surface area (TPSA) is 83.1 Å². The highest BCUT2D eigenvalue weighted by molar-refractivity contribution is 7.92. The van der Waals surface area contributed by atoms with Gasteiger partial charge >= 0.3 is 0 Å². The van der Waals surface area contributed by atoms with E-state index in [1.165, 1.54) is 64.8 Å². The zero-order valence-electron chi connectivity index (χ0n) is 19.2. The van der Waals surface area contributed by atoms with Crippen LogP contribution < -0.4 is 23.7 Å². The summed E-state index contributed by atoms with van der Waals surface area (Å²) >= 11 is 11.8. The fourth-order valence-corrected chi connectivity index (χ4v) is 4.67. The molecule has 0 unspecified atom stereocenters. The molecule has 0 aliphatic heterocycles. The molecule has 0 aliphatic carbocycles. The Morgan fingerprint density at radius 3 is 1.97 bits per heavy atom. The van der Waals surface area contributed by atoms with E-state index in [1.807, 2.05) is 0 Å². The van der Waals surface area contributed by atoms with E-state index in [4.69, 9.17) is 42.1 Å². The summed E-state index contributed by atoms with van der Waals surface area (Å²) in [7, 11) is 1.52. The molecule has 0 atom stereocenters. The van der Waals surface area contributed by atoms with Crippen molar-refractivity contribution in [2.24, 2.45) is 0 Å². The molecule has 0 radical (unpaired) electrons. The lowest BCUT2D eigenvalue weighted by Gasteiger charge is -2.15. The van der Waals surface area contributed by atoms with Crippen LogP contribution in [0, 0.1) is 5.82 Å². The lowest BCUT2D eigenvalue weighted by Crippen LogP contribution is -2.15. The van der Waals surface area contributed by atoms with Crippen LogP contribution in [0.3, 0.4) is 0 Å². The summed E-state index contributed by atoms with van der Waals surface area (Å²) in [5, 5.41) is 0.232. The number of nitrogens with one attached hydrogen (secondary N) is 1. The third-order valence-electron chi connectivity index (χ3n) is 4.94. The lowest BCUT2D eigenvalue weighted by molar-refractivity contribution is 0.324. The second-order valence-corrected chi connectivity index (χ2v) is 9.52. The van der Waals surface area contributed by atoms with E-state index < -0.39 is 15.8 Å². The van der Waals surface area contributed by atoms with Gasteiger partial charge in [0, 0.05) is 5.56 Å². The highest BCUT2D eigenvalue weighted by atomic mass is 35.5. The number of anilines is 1. The molecule has 0 spiro atoms. The Bertz CT molecular complexity index is 1350. The van der Waals surface area contributed by atoms with Crippen molar-refractivity contribution in [3.05, 3.63) is 69.5 Å². The number of hydrogen-bond acceptors (Lipinski definition) is 6. The van der Waals surface area contributed by atoms with Crippen LogP contribution in [0.15, 0.2) is 47.4 Å². The molecular weight excluding hydrogens is 520 g/mol. The molecule has 186 valence electrons. The van der Waals surface area contributed by atoms with E-state index >= 15 is 4.39 Å². The molecule has 0 heterocycles. The second-order valence-electron chi connectivity index (χ2n) is 7.02. The molecule has 0 aromatic heterocycles. The van der Waals surface area contributed by atoms with Gasteiger partial charge < -0.3 is 18.9 Å². The summed E-state index contributed by atoms with van der Waals surface area (Å²) < 4.78 is 64.5. The zero-order valence-corrected chi connectivity index (χ0v) is 21.5. The van der Waals surface area contributed by atoms with Crippen molar-refractivity contribution in [2.45, 2.75) is 4.90 Å². The van der Waals surface area contributed by atoms with Crippen LogP contribution in [0.4, 0.5) is 10.1 Å². The van der Waals surface area contributed by atoms with E-state index in [9.17, 15) is 8.42 Å². The van der Waals surface area contributed by atoms with Crippen LogP contribution in [0.5, 0.6) is 23.0 Å². The molecule has 3 aromatic carbocycles. The normalized spacial score (nSPS) is 11.4. The molecule has 3 rings (SSSR count). The largest absolute Gasteiger partial charge is 0.494 e. The van der Waals surface area contributed by atoms with Crippen molar-refractivity contribution >= 4 is 51.1 Å². The molecule has 0 amide bonds. The number of hydrogen-bond donors (Lipinski definition) is 1. The van der Waals surface area contributed by atoms with Crippen LogP contribution in [-0.2, 0) is 10.0 Å². The molecule has 35 heavy (non-hydrogen) atoms. The Hall–Kier alpha value is -3.14. The second kappa shape index (κ2) is 11.1. The maximum Gasteiger partial charge on any atom is 0.262 e. The summed E-state index contributed by atoms with van der Waals surface area (Å²) in [6.07, 6.45) is 3.18. The quantitative estimate of drug-likeness (QED) is 0.327. The van der Waals surface area contributed by atoms with Gasteiger partial charge in [0.15, 0.2) is 23.1 Å². The summed E-state index contributed by atoms with van der Waals surface area (Å²) in [6, 6.07) is 10.1. The van der Waals surface area contributed by atoms with Gasteiger partial charge in [-0.2, -0.15) is 0 Å². The molecule has 3 aromatic rings. The highest BCUT2D eigenvalue weighted by Crippen LogP contribution is 2.39. The minimum absolute atomic E-state index is 0.0446. The minimum Gasteiger partial charge on any atom is -0.494 e. The van der Waals surface area contributed by atoms with Gasteiger partial charge in [-0.15, -0.1) is 0 Å². The van der Waals surface area contributed by atoms with E-state index in [-0.39, 0.29) is 31.9 Å². The highest BCUT2D eigenvalue weighted by Gasteiger charge is 2.22. The third kappa shape index (κ3) is 5.75. The Morgan fingerprint density at radius 2 is 1.43 bits per heavy atom. The van der Waals surface area contributed by atoms with Gasteiger partial charge in [0.25, 0.3) is 10.0 Å². The van der Waals surface area contributed by atoms with Gasteiger partial charge in [0.05, 0.1) is 49.1 Å². The van der Waals surface area contributed by atoms with Crippen LogP contribution in [0.2, 0.25) is 10.0 Å². The molecule has 0 aliphatic rings. The molecule has 7 nitrogen and oxygen atoms in total. The average molecular weight is 542 g/mol. The Kier molecular flexibility index (Phi) is 8.37. The van der Waals surface area contributed by atoms with Crippen molar-refractivity contribution in [1.82, 2.24) is 0 Å². The standard InChI is InChI=1S/C24H22Cl2FNO6S/c1-31-19-10-7-15(6-5-14-11-20(32-2)24(34-4)21(12-14)33-3)23(22(19)27)28-35(29,30)16-8-9-17(25)18(26)13-16/h5-13,28H,1-4H3/b6-5-. The molecule has 0 bridgehead atoms. The minimum atomic E-state index is -4.21. The monoisotopic (exact) mass is 541 g/mol. The number of benzene rings is 3. The van der Waals surface area contributed by atoms with Crippen molar-refractivity contribution in [1.29, 1.82) is 0 Å². The van der Waals surface area contributed by atoms with Gasteiger partial charge in [-0.1, -0.05) is 35.4 Å². The molecule has 0 fully saturated rings. The third-order valence-corrected chi connectivity index (χ3v) is 7.03. The van der Waals surface area contributed by atoms with Gasteiger partial charge in [0.2, 0.25) is 5.75 Å². The summed E-state index contributed by atoms with van der Waals surface area (Å²) in [4.78, 5) is -0.186. The number of methoxy groups -OCH3 is 4. The lowest BCUT2D eigenvalue weighted by atomic mass is 10.1. The molecular formula is C24H22Cl2FNO6S. The van der Waals surface area contributed by atoms with Crippen LogP contribution in [0.25, 0.3) is 12.2 Å². The molecule has 11 heteroatoms. The van der Waals surface area contributed by atoms with E-state index in [0.717, 1.165) is 0 Å². The fourth-order valence-electron chi connectivity index (χ4n) is 3.19. The number of sulfonamides is 1. The van der Waals surface area contributed by atoms with Crippen LogP contribution in [0.1, 0.15) is 11.1 Å². The van der Waals surface area contributed by atoms with Crippen molar-refractivity contribution < 1.29 is 31.8 Å². The van der Waals surface area contributed by atoms with Gasteiger partial charge in [-0.25, -0.2) is 12.8 Å². The number of rotatable bonds is 9. The average Bonchev–Trinajstić information content (AvgIpc) is 2.85. The zero-order chi connectivity index (χ0) is 25.8.